The van der Waals surface area contributed by atoms with Gasteiger partial charge in [-0.1, -0.05) is 36.4 Å². The van der Waals surface area contributed by atoms with Gasteiger partial charge in [0.1, 0.15) is 5.58 Å². The van der Waals surface area contributed by atoms with Crippen LogP contribution in [0.3, 0.4) is 0 Å². The average molecular weight is 318 g/mol. The first-order valence-corrected chi connectivity index (χ1v) is 7.98. The number of oxazole rings is 1. The van der Waals surface area contributed by atoms with Crippen molar-refractivity contribution >= 4 is 11.0 Å². The van der Waals surface area contributed by atoms with Crippen LogP contribution in [-0.4, -0.2) is 4.98 Å². The van der Waals surface area contributed by atoms with Gasteiger partial charge in [0.05, 0.1) is 12.5 Å². The molecule has 1 N–H and O–H groups in total. The second-order valence-electron chi connectivity index (χ2n) is 5.86. The van der Waals surface area contributed by atoms with Crippen LogP contribution in [0.4, 0.5) is 0 Å². The predicted molar refractivity (Wildman–Crippen MR) is 93.4 cm³/mol. The molecule has 0 radical (unpaired) electrons. The van der Waals surface area contributed by atoms with Crippen LogP contribution in [-0.2, 0) is 6.54 Å². The summed E-state index contributed by atoms with van der Waals surface area (Å²) in [6.45, 7) is 2.92. The molecule has 4 nitrogen and oxygen atoms in total. The maximum atomic E-state index is 5.63. The van der Waals surface area contributed by atoms with Crippen molar-refractivity contribution in [3.05, 3.63) is 78.5 Å². The Labute approximate surface area is 140 Å². The SMILES string of the molecule is CC(NCc1cccc(-c2cnco2)c1)c1coc2ccccc12. The standard InChI is InChI=1S/C20H18N2O2/c1-14(18-12-23-19-8-3-2-7-17(18)19)22-10-15-5-4-6-16(9-15)20-11-21-13-24-20/h2-9,11-14,22H,10H2,1H3. The van der Waals surface area contributed by atoms with E-state index in [1.807, 2.05) is 36.6 Å². The number of hydrogen-bond acceptors (Lipinski definition) is 4. The van der Waals surface area contributed by atoms with Crippen molar-refractivity contribution in [2.45, 2.75) is 19.5 Å². The Balaban J connectivity index is 1.49. The fraction of sp³-hybridized carbons (Fsp3) is 0.150. The van der Waals surface area contributed by atoms with Gasteiger partial charge in [0.25, 0.3) is 0 Å². The quantitative estimate of drug-likeness (QED) is 0.566. The number of benzene rings is 2. The maximum absolute atomic E-state index is 5.63. The smallest absolute Gasteiger partial charge is 0.181 e. The van der Waals surface area contributed by atoms with Gasteiger partial charge in [-0.2, -0.15) is 0 Å². The van der Waals surface area contributed by atoms with Gasteiger partial charge in [0, 0.05) is 29.1 Å². The lowest BCUT2D eigenvalue weighted by Gasteiger charge is -2.13. The van der Waals surface area contributed by atoms with E-state index in [2.05, 4.69) is 35.4 Å². The largest absolute Gasteiger partial charge is 0.464 e. The summed E-state index contributed by atoms with van der Waals surface area (Å²) in [5, 5.41) is 4.72. The van der Waals surface area contributed by atoms with Crippen LogP contribution in [0, 0.1) is 0 Å². The molecule has 2 aromatic carbocycles. The van der Waals surface area contributed by atoms with E-state index in [9.17, 15) is 0 Å². The summed E-state index contributed by atoms with van der Waals surface area (Å²) in [7, 11) is 0. The van der Waals surface area contributed by atoms with Gasteiger partial charge < -0.3 is 14.2 Å². The van der Waals surface area contributed by atoms with Crippen molar-refractivity contribution in [3.8, 4) is 11.3 Å². The molecule has 2 heterocycles. The number of nitrogens with zero attached hydrogens (tertiary/aromatic N) is 1. The Hall–Kier alpha value is -2.85. The van der Waals surface area contributed by atoms with Crippen LogP contribution < -0.4 is 5.32 Å². The number of aromatic nitrogens is 1. The van der Waals surface area contributed by atoms with E-state index in [1.54, 1.807) is 6.20 Å². The van der Waals surface area contributed by atoms with Gasteiger partial charge in [-0.25, -0.2) is 4.98 Å². The third-order valence-electron chi connectivity index (χ3n) is 4.23. The Morgan fingerprint density at radius 2 is 2.00 bits per heavy atom. The van der Waals surface area contributed by atoms with Gasteiger partial charge in [0.2, 0.25) is 0 Å². The second-order valence-corrected chi connectivity index (χ2v) is 5.86. The third kappa shape index (κ3) is 2.84. The van der Waals surface area contributed by atoms with Gasteiger partial charge in [-0.15, -0.1) is 0 Å². The van der Waals surface area contributed by atoms with E-state index in [4.69, 9.17) is 8.83 Å². The molecule has 4 rings (SSSR count). The molecule has 2 aromatic heterocycles. The summed E-state index contributed by atoms with van der Waals surface area (Å²) in [6, 6.07) is 16.6. The van der Waals surface area contributed by atoms with Crippen LogP contribution in [0.2, 0.25) is 0 Å². The molecular formula is C20H18N2O2. The average Bonchev–Trinajstić information content (AvgIpc) is 3.29. The van der Waals surface area contributed by atoms with Crippen LogP contribution in [0.1, 0.15) is 24.1 Å². The molecule has 24 heavy (non-hydrogen) atoms. The molecule has 1 unspecified atom stereocenters. The lowest BCUT2D eigenvalue weighted by molar-refractivity contribution is 0.554. The van der Waals surface area contributed by atoms with Crippen molar-refractivity contribution in [1.82, 2.24) is 10.3 Å². The Morgan fingerprint density at radius 1 is 1.08 bits per heavy atom. The summed E-state index contributed by atoms with van der Waals surface area (Å²) in [5.41, 5.74) is 4.34. The van der Waals surface area contributed by atoms with Crippen LogP contribution >= 0.6 is 0 Å². The van der Waals surface area contributed by atoms with Crippen molar-refractivity contribution in [2.75, 3.05) is 0 Å². The molecule has 0 spiro atoms. The molecule has 0 saturated carbocycles. The molecule has 0 bridgehead atoms. The Bertz CT molecular complexity index is 941. The highest BCUT2D eigenvalue weighted by Crippen LogP contribution is 2.26. The van der Waals surface area contributed by atoms with Crippen LogP contribution in [0.15, 0.2) is 76.2 Å². The molecule has 4 aromatic rings. The van der Waals surface area contributed by atoms with Gasteiger partial charge in [-0.05, 0) is 24.6 Å². The summed E-state index contributed by atoms with van der Waals surface area (Å²) >= 11 is 0. The monoisotopic (exact) mass is 318 g/mol. The fourth-order valence-electron chi connectivity index (χ4n) is 2.91. The second kappa shape index (κ2) is 6.34. The molecular weight excluding hydrogens is 300 g/mol. The topological polar surface area (TPSA) is 51.2 Å². The molecule has 4 heteroatoms. The summed E-state index contributed by atoms with van der Waals surface area (Å²) in [4.78, 5) is 3.97. The number of fused-ring (bicyclic) bond motifs is 1. The molecule has 1 atom stereocenters. The summed E-state index contributed by atoms with van der Waals surface area (Å²) in [5.74, 6) is 0.783. The number of rotatable bonds is 5. The highest BCUT2D eigenvalue weighted by molar-refractivity contribution is 5.81. The number of hydrogen-bond donors (Lipinski definition) is 1. The molecule has 0 aliphatic rings. The van der Waals surface area contributed by atoms with E-state index < -0.39 is 0 Å². The number of furan rings is 1. The van der Waals surface area contributed by atoms with E-state index >= 15 is 0 Å². The minimum absolute atomic E-state index is 0.197. The van der Waals surface area contributed by atoms with E-state index in [-0.39, 0.29) is 6.04 Å². The highest BCUT2D eigenvalue weighted by atomic mass is 16.3. The lowest BCUT2D eigenvalue weighted by atomic mass is 10.1. The normalized spacial score (nSPS) is 12.5. The van der Waals surface area contributed by atoms with Gasteiger partial charge >= 0.3 is 0 Å². The Morgan fingerprint density at radius 3 is 2.88 bits per heavy atom. The van der Waals surface area contributed by atoms with Gasteiger partial charge in [0.15, 0.2) is 12.2 Å². The van der Waals surface area contributed by atoms with Crippen molar-refractivity contribution in [2.24, 2.45) is 0 Å². The minimum atomic E-state index is 0.197. The van der Waals surface area contributed by atoms with Crippen molar-refractivity contribution in [3.63, 3.8) is 0 Å². The predicted octanol–water partition coefficient (Wildman–Crippen LogP) is 4.94. The molecule has 0 saturated heterocycles. The molecule has 0 aliphatic heterocycles. The zero-order chi connectivity index (χ0) is 16.4. The van der Waals surface area contributed by atoms with E-state index in [1.165, 1.54) is 17.5 Å². The first-order chi connectivity index (χ1) is 11.8. The van der Waals surface area contributed by atoms with Crippen molar-refractivity contribution < 1.29 is 8.83 Å². The lowest BCUT2D eigenvalue weighted by Crippen LogP contribution is -2.17. The van der Waals surface area contributed by atoms with Gasteiger partial charge in [-0.3, -0.25) is 0 Å². The molecule has 0 fully saturated rings. The maximum Gasteiger partial charge on any atom is 0.181 e. The molecule has 0 amide bonds. The third-order valence-corrected chi connectivity index (χ3v) is 4.23. The van der Waals surface area contributed by atoms with Crippen molar-refractivity contribution in [1.29, 1.82) is 0 Å². The number of para-hydroxylation sites is 1. The molecule has 0 aliphatic carbocycles. The highest BCUT2D eigenvalue weighted by Gasteiger charge is 2.12. The van der Waals surface area contributed by atoms with Crippen LogP contribution in [0.25, 0.3) is 22.3 Å². The minimum Gasteiger partial charge on any atom is -0.464 e. The Kier molecular flexibility index (Phi) is 3.89. The zero-order valence-corrected chi connectivity index (χ0v) is 13.4. The van der Waals surface area contributed by atoms with E-state index in [0.717, 1.165) is 28.8 Å². The first-order valence-electron chi connectivity index (χ1n) is 7.98. The zero-order valence-electron chi connectivity index (χ0n) is 13.4. The molecule has 120 valence electrons. The van der Waals surface area contributed by atoms with E-state index in [0.29, 0.717) is 0 Å². The first kappa shape index (κ1) is 14.7. The van der Waals surface area contributed by atoms with Crippen LogP contribution in [0.5, 0.6) is 0 Å². The fourth-order valence-corrected chi connectivity index (χ4v) is 2.91. The number of nitrogens with one attached hydrogen (secondary N) is 1. The summed E-state index contributed by atoms with van der Waals surface area (Å²) < 4.78 is 11.0. The summed E-state index contributed by atoms with van der Waals surface area (Å²) in [6.07, 6.45) is 5.02.